The van der Waals surface area contributed by atoms with E-state index < -0.39 is 0 Å². The zero-order chi connectivity index (χ0) is 14.3. The lowest BCUT2D eigenvalue weighted by Crippen LogP contribution is -2.28. The molecule has 0 aromatic heterocycles. The maximum absolute atomic E-state index is 11.8. The second-order valence-electron chi connectivity index (χ2n) is 4.78. The number of nitrogens with two attached hydrogens (primary N) is 1. The predicted molar refractivity (Wildman–Crippen MR) is 91.4 cm³/mol. The Labute approximate surface area is 139 Å². The van der Waals surface area contributed by atoms with E-state index in [-0.39, 0.29) is 43.2 Å². The molecule has 1 unspecified atom stereocenters. The minimum Gasteiger partial charge on any atom is -0.380 e. The van der Waals surface area contributed by atoms with Crippen molar-refractivity contribution in [1.82, 2.24) is 4.90 Å². The monoisotopic (exact) mass is 337 g/mol. The van der Waals surface area contributed by atoms with Crippen LogP contribution in [0.25, 0.3) is 0 Å². The number of nitrogens with zero attached hydrogens (tertiary/aromatic N) is 1. The molecule has 0 spiro atoms. The Morgan fingerprint density at radius 3 is 2.57 bits per heavy atom. The van der Waals surface area contributed by atoms with Crippen molar-refractivity contribution >= 4 is 36.4 Å². The highest BCUT2D eigenvalue weighted by molar-refractivity contribution is 5.91. The number of carbonyl (C=O) groups is 1. The molecule has 1 atom stereocenters. The van der Waals surface area contributed by atoms with Crippen LogP contribution >= 0.6 is 24.8 Å². The van der Waals surface area contributed by atoms with Crippen LogP contribution in [0.15, 0.2) is 24.3 Å². The Kier molecular flexibility index (Phi) is 12.6. The standard InChI is InChI=1S/C14H23N3O2.2ClH/c1-17(2)10-11-5-4-6-12(7-11)16-14(18)8-13(9-15)19-3;;/h4-7,13H,8-10,15H2,1-3H3,(H,16,18);2*1H. The number of benzene rings is 1. The van der Waals surface area contributed by atoms with Gasteiger partial charge < -0.3 is 20.7 Å². The molecule has 1 rings (SSSR count). The maximum atomic E-state index is 11.8. The summed E-state index contributed by atoms with van der Waals surface area (Å²) in [7, 11) is 5.58. The van der Waals surface area contributed by atoms with Gasteiger partial charge in [0.25, 0.3) is 0 Å². The largest absolute Gasteiger partial charge is 0.380 e. The molecule has 0 aliphatic rings. The molecule has 0 fully saturated rings. The van der Waals surface area contributed by atoms with Crippen LogP contribution in [-0.2, 0) is 16.1 Å². The molecule has 0 heterocycles. The smallest absolute Gasteiger partial charge is 0.227 e. The van der Waals surface area contributed by atoms with Crippen LogP contribution in [0, 0.1) is 0 Å². The molecule has 5 nitrogen and oxygen atoms in total. The van der Waals surface area contributed by atoms with Gasteiger partial charge in [-0.1, -0.05) is 12.1 Å². The summed E-state index contributed by atoms with van der Waals surface area (Å²) in [5, 5.41) is 2.86. The Balaban J connectivity index is 0. The number of hydrogen-bond donors (Lipinski definition) is 2. The van der Waals surface area contributed by atoms with Gasteiger partial charge in [-0.25, -0.2) is 0 Å². The van der Waals surface area contributed by atoms with E-state index in [1.54, 1.807) is 7.11 Å². The molecule has 122 valence electrons. The van der Waals surface area contributed by atoms with Gasteiger partial charge in [0.15, 0.2) is 0 Å². The molecule has 21 heavy (non-hydrogen) atoms. The fraction of sp³-hybridized carbons (Fsp3) is 0.500. The van der Waals surface area contributed by atoms with E-state index in [0.29, 0.717) is 6.54 Å². The van der Waals surface area contributed by atoms with Crippen LogP contribution in [0.3, 0.4) is 0 Å². The summed E-state index contributed by atoms with van der Waals surface area (Å²) in [4.78, 5) is 13.9. The summed E-state index contributed by atoms with van der Waals surface area (Å²) < 4.78 is 5.09. The third kappa shape index (κ3) is 8.90. The van der Waals surface area contributed by atoms with E-state index in [4.69, 9.17) is 10.5 Å². The van der Waals surface area contributed by atoms with Gasteiger partial charge in [0, 0.05) is 25.9 Å². The van der Waals surface area contributed by atoms with Gasteiger partial charge in [0.1, 0.15) is 0 Å². The number of nitrogens with one attached hydrogen (secondary N) is 1. The zero-order valence-electron chi connectivity index (χ0n) is 12.7. The average molecular weight is 338 g/mol. The Morgan fingerprint density at radius 1 is 1.38 bits per heavy atom. The fourth-order valence-electron chi connectivity index (χ4n) is 1.79. The number of ether oxygens (including phenoxy) is 1. The number of carbonyl (C=O) groups excluding carboxylic acids is 1. The van der Waals surface area contributed by atoms with Gasteiger partial charge in [-0.3, -0.25) is 4.79 Å². The van der Waals surface area contributed by atoms with Gasteiger partial charge >= 0.3 is 0 Å². The number of anilines is 1. The lowest BCUT2D eigenvalue weighted by atomic mass is 10.2. The predicted octanol–water partition coefficient (Wildman–Crippen LogP) is 1.89. The van der Waals surface area contributed by atoms with Gasteiger partial charge in [-0.2, -0.15) is 0 Å². The summed E-state index contributed by atoms with van der Waals surface area (Å²) >= 11 is 0. The third-order valence-electron chi connectivity index (χ3n) is 2.72. The van der Waals surface area contributed by atoms with Gasteiger partial charge in [-0.15, -0.1) is 24.8 Å². The van der Waals surface area contributed by atoms with E-state index in [1.165, 1.54) is 0 Å². The SMILES string of the molecule is COC(CN)CC(=O)Nc1cccc(CN(C)C)c1.Cl.Cl. The first-order chi connectivity index (χ1) is 9.05. The van der Waals surface area contributed by atoms with E-state index in [0.717, 1.165) is 17.8 Å². The molecule has 7 heteroatoms. The molecule has 3 N–H and O–H groups in total. The van der Waals surface area contributed by atoms with Crippen LogP contribution < -0.4 is 11.1 Å². The van der Waals surface area contributed by atoms with Gasteiger partial charge in [0.05, 0.1) is 12.5 Å². The van der Waals surface area contributed by atoms with Crippen molar-refractivity contribution in [1.29, 1.82) is 0 Å². The number of halogens is 2. The van der Waals surface area contributed by atoms with Crippen LogP contribution in [0.4, 0.5) is 5.69 Å². The van der Waals surface area contributed by atoms with E-state index >= 15 is 0 Å². The van der Waals surface area contributed by atoms with Gasteiger partial charge in [0.2, 0.25) is 5.91 Å². The first kappa shape index (κ1) is 22.4. The summed E-state index contributed by atoms with van der Waals surface area (Å²) in [6.07, 6.45) is 0.0372. The minimum absolute atomic E-state index is 0. The van der Waals surface area contributed by atoms with Crippen molar-refractivity contribution in [3.05, 3.63) is 29.8 Å². The van der Waals surface area contributed by atoms with Crippen molar-refractivity contribution in [3.63, 3.8) is 0 Å². The van der Waals surface area contributed by atoms with Crippen molar-refractivity contribution in [2.75, 3.05) is 33.1 Å². The molecule has 1 aromatic carbocycles. The summed E-state index contributed by atoms with van der Waals surface area (Å²) in [6.45, 7) is 1.18. The molecule has 1 amide bonds. The Hall–Kier alpha value is -0.850. The molecule has 0 radical (unpaired) electrons. The first-order valence-corrected chi connectivity index (χ1v) is 6.31. The molecular formula is C14H25Cl2N3O2. The molecule has 0 saturated heterocycles. The zero-order valence-corrected chi connectivity index (χ0v) is 14.3. The Bertz CT molecular complexity index is 413. The van der Waals surface area contributed by atoms with Crippen LogP contribution in [0.5, 0.6) is 0 Å². The molecular weight excluding hydrogens is 313 g/mol. The highest BCUT2D eigenvalue weighted by Gasteiger charge is 2.11. The molecule has 0 aliphatic heterocycles. The number of amides is 1. The number of rotatable bonds is 7. The second-order valence-corrected chi connectivity index (χ2v) is 4.78. The fourth-order valence-corrected chi connectivity index (χ4v) is 1.79. The Morgan fingerprint density at radius 2 is 2.05 bits per heavy atom. The van der Waals surface area contributed by atoms with E-state index in [1.807, 2.05) is 38.4 Å². The van der Waals surface area contributed by atoms with E-state index in [9.17, 15) is 4.79 Å². The van der Waals surface area contributed by atoms with Crippen LogP contribution in [0.2, 0.25) is 0 Å². The van der Waals surface area contributed by atoms with Crippen LogP contribution in [0.1, 0.15) is 12.0 Å². The topological polar surface area (TPSA) is 67.6 Å². The third-order valence-corrected chi connectivity index (χ3v) is 2.72. The minimum atomic E-state index is -0.232. The van der Waals surface area contributed by atoms with Gasteiger partial charge in [-0.05, 0) is 31.8 Å². The number of methoxy groups -OCH3 is 1. The quantitative estimate of drug-likeness (QED) is 0.797. The summed E-state index contributed by atoms with van der Waals surface area (Å²) in [6, 6.07) is 7.82. The molecule has 0 saturated carbocycles. The lowest BCUT2D eigenvalue weighted by molar-refractivity contribution is -0.118. The molecule has 0 aliphatic carbocycles. The molecule has 0 bridgehead atoms. The van der Waals surface area contributed by atoms with Crippen molar-refractivity contribution in [3.8, 4) is 0 Å². The summed E-state index contributed by atoms with van der Waals surface area (Å²) in [5.74, 6) is -0.0840. The number of hydrogen-bond acceptors (Lipinski definition) is 4. The van der Waals surface area contributed by atoms with Crippen molar-refractivity contribution in [2.45, 2.75) is 19.1 Å². The normalized spacial score (nSPS) is 11.3. The first-order valence-electron chi connectivity index (χ1n) is 6.31. The van der Waals surface area contributed by atoms with Crippen molar-refractivity contribution < 1.29 is 9.53 Å². The van der Waals surface area contributed by atoms with Crippen LogP contribution in [-0.4, -0.2) is 44.7 Å². The highest BCUT2D eigenvalue weighted by atomic mass is 35.5. The highest BCUT2D eigenvalue weighted by Crippen LogP contribution is 2.12. The average Bonchev–Trinajstić information content (AvgIpc) is 2.35. The molecule has 1 aromatic rings. The maximum Gasteiger partial charge on any atom is 0.227 e. The van der Waals surface area contributed by atoms with Crippen molar-refractivity contribution in [2.24, 2.45) is 5.73 Å². The van der Waals surface area contributed by atoms with E-state index in [2.05, 4.69) is 10.2 Å². The lowest BCUT2D eigenvalue weighted by Gasteiger charge is -2.14. The summed E-state index contributed by atoms with van der Waals surface area (Å²) in [5.41, 5.74) is 7.45. The second kappa shape index (κ2) is 11.8.